The predicted molar refractivity (Wildman–Crippen MR) is 77.0 cm³/mol. The molecule has 6 heteroatoms. The van der Waals surface area contributed by atoms with E-state index in [1.807, 2.05) is 0 Å². The molecule has 1 aromatic heterocycles. The lowest BCUT2D eigenvalue weighted by Crippen LogP contribution is -2.36. The van der Waals surface area contributed by atoms with Gasteiger partial charge in [-0.3, -0.25) is 9.59 Å². The SMILES string of the molecule is O=C(CNC(=O)c1ccc(Br)cc1)NCc1ccco1. The van der Waals surface area contributed by atoms with E-state index < -0.39 is 0 Å². The number of amides is 2. The second-order valence-electron chi connectivity index (χ2n) is 4.05. The highest BCUT2D eigenvalue weighted by atomic mass is 79.9. The largest absolute Gasteiger partial charge is 0.467 e. The molecule has 5 nitrogen and oxygen atoms in total. The molecule has 2 N–H and O–H groups in total. The summed E-state index contributed by atoms with van der Waals surface area (Å²) < 4.78 is 5.98. The van der Waals surface area contributed by atoms with Crippen LogP contribution in [-0.2, 0) is 11.3 Å². The number of halogens is 1. The minimum atomic E-state index is -0.286. The maximum absolute atomic E-state index is 11.8. The average Bonchev–Trinajstić information content (AvgIpc) is 2.96. The molecule has 1 aromatic carbocycles. The molecule has 2 rings (SSSR count). The zero-order valence-electron chi connectivity index (χ0n) is 10.6. The van der Waals surface area contributed by atoms with Gasteiger partial charge in [0.1, 0.15) is 5.76 Å². The quantitative estimate of drug-likeness (QED) is 0.878. The van der Waals surface area contributed by atoms with E-state index in [1.54, 1.807) is 36.4 Å². The van der Waals surface area contributed by atoms with Crippen LogP contribution >= 0.6 is 15.9 Å². The van der Waals surface area contributed by atoms with Crippen molar-refractivity contribution in [3.05, 3.63) is 58.5 Å². The number of benzene rings is 1. The number of hydrogen-bond acceptors (Lipinski definition) is 3. The van der Waals surface area contributed by atoms with Crippen LogP contribution < -0.4 is 10.6 Å². The number of furan rings is 1. The number of hydrogen-bond donors (Lipinski definition) is 2. The van der Waals surface area contributed by atoms with Gasteiger partial charge in [0.15, 0.2) is 0 Å². The average molecular weight is 337 g/mol. The number of carbonyl (C=O) groups excluding carboxylic acids is 2. The number of rotatable bonds is 5. The Hall–Kier alpha value is -2.08. The molecule has 0 aliphatic rings. The van der Waals surface area contributed by atoms with Gasteiger partial charge in [-0.2, -0.15) is 0 Å². The third kappa shape index (κ3) is 4.24. The molecular formula is C14H13BrN2O3. The van der Waals surface area contributed by atoms with E-state index in [-0.39, 0.29) is 18.4 Å². The smallest absolute Gasteiger partial charge is 0.251 e. The summed E-state index contributed by atoms with van der Waals surface area (Å²) in [7, 11) is 0. The Bertz CT molecular complexity index is 579. The summed E-state index contributed by atoms with van der Waals surface area (Å²) >= 11 is 3.29. The van der Waals surface area contributed by atoms with Gasteiger partial charge in [0.05, 0.1) is 19.4 Å². The summed E-state index contributed by atoms with van der Waals surface area (Å²) in [5.41, 5.74) is 0.507. The van der Waals surface area contributed by atoms with Crippen molar-refractivity contribution < 1.29 is 14.0 Å². The molecule has 0 saturated carbocycles. The van der Waals surface area contributed by atoms with E-state index in [0.717, 1.165) is 4.47 Å². The summed E-state index contributed by atoms with van der Waals surface area (Å²) in [6, 6.07) is 10.4. The molecule has 0 radical (unpaired) electrons. The van der Waals surface area contributed by atoms with Gasteiger partial charge < -0.3 is 15.1 Å². The molecule has 0 spiro atoms. The molecule has 1 heterocycles. The summed E-state index contributed by atoms with van der Waals surface area (Å²) in [5.74, 6) is 0.107. The second kappa shape index (κ2) is 6.91. The second-order valence-corrected chi connectivity index (χ2v) is 4.96. The van der Waals surface area contributed by atoms with Crippen molar-refractivity contribution in [3.8, 4) is 0 Å². The molecule has 2 aromatic rings. The first-order valence-electron chi connectivity index (χ1n) is 5.98. The third-order valence-corrected chi connectivity index (χ3v) is 3.08. The Morgan fingerprint density at radius 2 is 1.85 bits per heavy atom. The topological polar surface area (TPSA) is 71.3 Å². The zero-order chi connectivity index (χ0) is 14.4. The van der Waals surface area contributed by atoms with Crippen molar-refractivity contribution in [2.45, 2.75) is 6.54 Å². The lowest BCUT2D eigenvalue weighted by molar-refractivity contribution is -0.120. The van der Waals surface area contributed by atoms with Gasteiger partial charge in [-0.1, -0.05) is 15.9 Å². The van der Waals surface area contributed by atoms with Crippen LogP contribution in [0.25, 0.3) is 0 Å². The van der Waals surface area contributed by atoms with Gasteiger partial charge in [0, 0.05) is 10.0 Å². The van der Waals surface area contributed by atoms with Gasteiger partial charge in [0.25, 0.3) is 5.91 Å². The number of carbonyl (C=O) groups is 2. The maximum Gasteiger partial charge on any atom is 0.251 e. The van der Waals surface area contributed by atoms with E-state index >= 15 is 0 Å². The standard InChI is InChI=1S/C14H13BrN2O3/c15-11-5-3-10(4-6-11)14(19)17-9-13(18)16-8-12-2-1-7-20-12/h1-7H,8-9H2,(H,16,18)(H,17,19). The van der Waals surface area contributed by atoms with Crippen molar-refractivity contribution in [1.29, 1.82) is 0 Å². The van der Waals surface area contributed by atoms with Gasteiger partial charge in [-0.05, 0) is 36.4 Å². The maximum atomic E-state index is 11.8. The van der Waals surface area contributed by atoms with Crippen molar-refractivity contribution in [2.24, 2.45) is 0 Å². The summed E-state index contributed by atoms with van der Waals surface area (Å²) in [5, 5.41) is 5.20. The molecule has 20 heavy (non-hydrogen) atoms. The van der Waals surface area contributed by atoms with Crippen molar-refractivity contribution in [1.82, 2.24) is 10.6 Å². The molecule has 0 fully saturated rings. The van der Waals surface area contributed by atoms with Crippen LogP contribution in [0, 0.1) is 0 Å². The van der Waals surface area contributed by atoms with Crippen LogP contribution in [-0.4, -0.2) is 18.4 Å². The predicted octanol–water partition coefficient (Wildman–Crippen LogP) is 2.09. The third-order valence-electron chi connectivity index (χ3n) is 2.56. The molecule has 0 unspecified atom stereocenters. The Kier molecular flexibility index (Phi) is 4.95. The first kappa shape index (κ1) is 14.3. The Morgan fingerprint density at radius 3 is 2.50 bits per heavy atom. The molecule has 0 aliphatic carbocycles. The molecule has 104 valence electrons. The van der Waals surface area contributed by atoms with E-state index in [4.69, 9.17) is 4.42 Å². The van der Waals surface area contributed by atoms with Crippen LogP contribution in [0.15, 0.2) is 51.6 Å². The van der Waals surface area contributed by atoms with Crippen LogP contribution in [0.4, 0.5) is 0 Å². The summed E-state index contributed by atoms with van der Waals surface area (Å²) in [4.78, 5) is 23.3. The van der Waals surface area contributed by atoms with E-state index in [0.29, 0.717) is 17.9 Å². The van der Waals surface area contributed by atoms with Crippen LogP contribution in [0.3, 0.4) is 0 Å². The molecule has 0 aliphatic heterocycles. The van der Waals surface area contributed by atoms with Crippen molar-refractivity contribution in [2.75, 3.05) is 6.54 Å². The van der Waals surface area contributed by atoms with Crippen LogP contribution in [0.1, 0.15) is 16.1 Å². The van der Waals surface area contributed by atoms with Crippen molar-refractivity contribution in [3.63, 3.8) is 0 Å². The van der Waals surface area contributed by atoms with Crippen LogP contribution in [0.2, 0.25) is 0 Å². The van der Waals surface area contributed by atoms with Gasteiger partial charge >= 0.3 is 0 Å². The van der Waals surface area contributed by atoms with E-state index in [1.165, 1.54) is 6.26 Å². The van der Waals surface area contributed by atoms with E-state index in [9.17, 15) is 9.59 Å². The minimum absolute atomic E-state index is 0.0738. The highest BCUT2D eigenvalue weighted by Crippen LogP contribution is 2.10. The lowest BCUT2D eigenvalue weighted by Gasteiger charge is -2.06. The highest BCUT2D eigenvalue weighted by molar-refractivity contribution is 9.10. The first-order valence-corrected chi connectivity index (χ1v) is 6.77. The summed E-state index contributed by atoms with van der Waals surface area (Å²) in [6.45, 7) is 0.232. The highest BCUT2D eigenvalue weighted by Gasteiger charge is 2.08. The minimum Gasteiger partial charge on any atom is -0.467 e. The fourth-order valence-electron chi connectivity index (χ4n) is 1.53. The molecule has 0 atom stereocenters. The monoisotopic (exact) mass is 336 g/mol. The normalized spacial score (nSPS) is 10.1. The molecule has 0 saturated heterocycles. The van der Waals surface area contributed by atoms with Crippen molar-refractivity contribution >= 4 is 27.7 Å². The fraction of sp³-hybridized carbons (Fsp3) is 0.143. The first-order chi connectivity index (χ1) is 9.65. The van der Waals surface area contributed by atoms with Gasteiger partial charge in [0.2, 0.25) is 5.91 Å². The van der Waals surface area contributed by atoms with Crippen LogP contribution in [0.5, 0.6) is 0 Å². The van der Waals surface area contributed by atoms with E-state index in [2.05, 4.69) is 26.6 Å². The molecular weight excluding hydrogens is 324 g/mol. The van der Waals surface area contributed by atoms with Gasteiger partial charge in [-0.15, -0.1) is 0 Å². The summed E-state index contributed by atoms with van der Waals surface area (Å²) in [6.07, 6.45) is 1.54. The van der Waals surface area contributed by atoms with Gasteiger partial charge in [-0.25, -0.2) is 0 Å². The number of nitrogens with one attached hydrogen (secondary N) is 2. The Balaban J connectivity index is 1.75. The zero-order valence-corrected chi connectivity index (χ0v) is 12.1. The Labute approximate surface area is 124 Å². The Morgan fingerprint density at radius 1 is 1.10 bits per heavy atom. The lowest BCUT2D eigenvalue weighted by atomic mass is 10.2. The molecule has 0 bridgehead atoms. The molecule has 2 amide bonds. The fourth-order valence-corrected chi connectivity index (χ4v) is 1.79.